The van der Waals surface area contributed by atoms with Gasteiger partial charge in [0.05, 0.1) is 0 Å². The molecule has 1 rings (SSSR count). The number of rotatable bonds is 6. The normalized spacial score (nSPS) is 11.8. The topological polar surface area (TPSA) is 29.1 Å². The molecule has 0 aliphatic rings. The van der Waals surface area contributed by atoms with Crippen molar-refractivity contribution in [3.63, 3.8) is 0 Å². The van der Waals surface area contributed by atoms with E-state index in [1.165, 1.54) is 0 Å². The third-order valence-corrected chi connectivity index (χ3v) is 3.27. The Morgan fingerprint density at radius 1 is 1.21 bits per heavy atom. The smallest absolute Gasteiger partial charge is 0.251 e. The molecule has 0 aliphatic heterocycles. The number of hydrogen-bond donors (Lipinski definition) is 1. The Morgan fingerprint density at radius 2 is 1.84 bits per heavy atom. The van der Waals surface area contributed by atoms with E-state index in [1.54, 1.807) is 0 Å². The molecule has 0 radical (unpaired) electrons. The van der Waals surface area contributed by atoms with E-state index in [0.717, 1.165) is 24.8 Å². The first-order valence-corrected chi connectivity index (χ1v) is 7.07. The summed E-state index contributed by atoms with van der Waals surface area (Å²) in [5.74, 6) is -0.00376. The molecule has 0 aliphatic carbocycles. The summed E-state index contributed by atoms with van der Waals surface area (Å²) < 4.78 is 0. The molecule has 0 atom stereocenters. The fourth-order valence-electron chi connectivity index (χ4n) is 1.60. The van der Waals surface area contributed by atoms with Crippen LogP contribution in [0, 0.1) is 0 Å². The molecule has 0 fully saturated rings. The van der Waals surface area contributed by atoms with Gasteiger partial charge in [0.1, 0.15) is 0 Å². The van der Waals surface area contributed by atoms with Crippen LogP contribution in [-0.4, -0.2) is 11.4 Å². The lowest BCUT2D eigenvalue weighted by atomic mass is 10.0. The Balaban J connectivity index is 2.68. The maximum absolute atomic E-state index is 12.1. The van der Waals surface area contributed by atoms with Gasteiger partial charge in [0.25, 0.3) is 5.91 Å². The van der Waals surface area contributed by atoms with Gasteiger partial charge in [0.15, 0.2) is 0 Å². The summed E-state index contributed by atoms with van der Waals surface area (Å²) in [6, 6.07) is 7.74. The average Bonchev–Trinajstić information content (AvgIpc) is 2.39. The number of nitrogens with one attached hydrogen (secondary N) is 1. The van der Waals surface area contributed by atoms with Gasteiger partial charge in [-0.15, -0.1) is 0 Å². The number of benzene rings is 1. The van der Waals surface area contributed by atoms with Gasteiger partial charge in [-0.2, -0.15) is 0 Å². The predicted octanol–water partition coefficient (Wildman–Crippen LogP) is 4.42. The van der Waals surface area contributed by atoms with E-state index < -0.39 is 0 Å². The van der Waals surface area contributed by atoms with Gasteiger partial charge in [0, 0.05) is 11.1 Å². The van der Waals surface area contributed by atoms with Gasteiger partial charge in [-0.1, -0.05) is 44.6 Å². The molecule has 1 aromatic rings. The molecule has 1 aromatic carbocycles. The Morgan fingerprint density at radius 3 is 2.37 bits per heavy atom. The second-order valence-corrected chi connectivity index (χ2v) is 5.50. The summed E-state index contributed by atoms with van der Waals surface area (Å²) in [6.07, 6.45) is 7.42. The second kappa shape index (κ2) is 7.13. The Kier molecular flexibility index (Phi) is 5.81. The van der Waals surface area contributed by atoms with E-state index in [2.05, 4.69) is 31.3 Å². The maximum Gasteiger partial charge on any atom is 0.251 e. The lowest BCUT2D eigenvalue weighted by Gasteiger charge is -2.24. The third kappa shape index (κ3) is 5.29. The summed E-state index contributed by atoms with van der Waals surface area (Å²) in [5, 5.41) is 3.04. The van der Waals surface area contributed by atoms with Crippen LogP contribution in [0.2, 0.25) is 0 Å². The van der Waals surface area contributed by atoms with E-state index in [1.807, 2.05) is 38.1 Å². The first-order valence-electron chi connectivity index (χ1n) is 7.07. The van der Waals surface area contributed by atoms with Crippen molar-refractivity contribution in [3.8, 4) is 0 Å². The molecule has 104 valence electrons. The highest BCUT2D eigenvalue weighted by atomic mass is 16.1. The fourth-order valence-corrected chi connectivity index (χ4v) is 1.60. The first-order chi connectivity index (χ1) is 8.98. The van der Waals surface area contributed by atoms with Crippen LogP contribution < -0.4 is 5.32 Å². The molecule has 0 bridgehead atoms. The number of carbonyl (C=O) groups excluding carboxylic acids is 1. The molecule has 0 aromatic heterocycles. The molecule has 2 nitrogen and oxygen atoms in total. The number of allylic oxidation sites excluding steroid dienone is 1. The SMILES string of the molecule is CCCC=Cc1ccc(C(=O)NC(C)(C)CC)cc1. The molecule has 0 saturated carbocycles. The summed E-state index contributed by atoms with van der Waals surface area (Å²) in [6.45, 7) is 8.30. The minimum atomic E-state index is -0.156. The Hall–Kier alpha value is -1.57. The largest absolute Gasteiger partial charge is 0.347 e. The number of hydrogen-bond acceptors (Lipinski definition) is 1. The van der Waals surface area contributed by atoms with Crippen LogP contribution in [-0.2, 0) is 0 Å². The summed E-state index contributed by atoms with van der Waals surface area (Å²) in [5.41, 5.74) is 1.70. The van der Waals surface area contributed by atoms with E-state index in [4.69, 9.17) is 0 Å². The van der Waals surface area contributed by atoms with Gasteiger partial charge in [-0.05, 0) is 44.4 Å². The zero-order valence-electron chi connectivity index (χ0n) is 12.5. The van der Waals surface area contributed by atoms with Gasteiger partial charge < -0.3 is 5.32 Å². The van der Waals surface area contributed by atoms with Crippen molar-refractivity contribution in [2.24, 2.45) is 0 Å². The number of amides is 1. The number of unbranched alkanes of at least 4 members (excludes halogenated alkanes) is 1. The van der Waals surface area contributed by atoms with Gasteiger partial charge in [-0.3, -0.25) is 4.79 Å². The molecule has 0 unspecified atom stereocenters. The van der Waals surface area contributed by atoms with Crippen molar-refractivity contribution >= 4 is 12.0 Å². The van der Waals surface area contributed by atoms with E-state index in [9.17, 15) is 4.79 Å². The monoisotopic (exact) mass is 259 g/mol. The van der Waals surface area contributed by atoms with Crippen LogP contribution in [0.25, 0.3) is 6.08 Å². The van der Waals surface area contributed by atoms with Gasteiger partial charge in [0.2, 0.25) is 0 Å². The highest BCUT2D eigenvalue weighted by molar-refractivity contribution is 5.94. The Bertz CT molecular complexity index is 429. The van der Waals surface area contributed by atoms with Crippen LogP contribution in [0.1, 0.15) is 62.9 Å². The third-order valence-electron chi connectivity index (χ3n) is 3.27. The molecule has 0 heterocycles. The first kappa shape index (κ1) is 15.5. The van der Waals surface area contributed by atoms with Crippen molar-refractivity contribution in [2.45, 2.75) is 52.5 Å². The summed E-state index contributed by atoms with van der Waals surface area (Å²) in [4.78, 5) is 12.1. The van der Waals surface area contributed by atoms with E-state index in [-0.39, 0.29) is 11.4 Å². The van der Waals surface area contributed by atoms with Crippen molar-refractivity contribution in [3.05, 3.63) is 41.5 Å². The predicted molar refractivity (Wildman–Crippen MR) is 82.2 cm³/mol. The van der Waals surface area contributed by atoms with Crippen molar-refractivity contribution in [1.82, 2.24) is 5.32 Å². The summed E-state index contributed by atoms with van der Waals surface area (Å²) in [7, 11) is 0. The lowest BCUT2D eigenvalue weighted by Crippen LogP contribution is -2.42. The second-order valence-electron chi connectivity index (χ2n) is 5.50. The average molecular weight is 259 g/mol. The quantitative estimate of drug-likeness (QED) is 0.805. The van der Waals surface area contributed by atoms with Crippen LogP contribution in [0.3, 0.4) is 0 Å². The van der Waals surface area contributed by atoms with Gasteiger partial charge >= 0.3 is 0 Å². The van der Waals surface area contributed by atoms with Crippen molar-refractivity contribution in [2.75, 3.05) is 0 Å². The van der Waals surface area contributed by atoms with Crippen LogP contribution in [0.15, 0.2) is 30.3 Å². The molecule has 1 N–H and O–H groups in total. The molecular formula is C17H25NO. The van der Waals surface area contributed by atoms with Crippen LogP contribution >= 0.6 is 0 Å². The molecule has 0 saturated heterocycles. The Labute approximate surface area is 116 Å². The molecule has 2 heteroatoms. The highest BCUT2D eigenvalue weighted by Gasteiger charge is 2.18. The number of carbonyl (C=O) groups is 1. The standard InChI is InChI=1S/C17H25NO/c1-5-7-8-9-14-10-12-15(13-11-14)16(19)18-17(3,4)6-2/h8-13H,5-7H2,1-4H3,(H,18,19). The fraction of sp³-hybridized carbons (Fsp3) is 0.471. The minimum Gasteiger partial charge on any atom is -0.347 e. The van der Waals surface area contributed by atoms with E-state index >= 15 is 0 Å². The summed E-state index contributed by atoms with van der Waals surface area (Å²) >= 11 is 0. The van der Waals surface area contributed by atoms with Crippen molar-refractivity contribution < 1.29 is 4.79 Å². The maximum atomic E-state index is 12.1. The molecular weight excluding hydrogens is 234 g/mol. The van der Waals surface area contributed by atoms with Gasteiger partial charge in [-0.25, -0.2) is 0 Å². The highest BCUT2D eigenvalue weighted by Crippen LogP contribution is 2.11. The van der Waals surface area contributed by atoms with E-state index in [0.29, 0.717) is 5.56 Å². The molecule has 1 amide bonds. The van der Waals surface area contributed by atoms with Crippen LogP contribution in [0.4, 0.5) is 0 Å². The zero-order chi connectivity index (χ0) is 14.3. The molecule has 0 spiro atoms. The lowest BCUT2D eigenvalue weighted by molar-refractivity contribution is 0.0911. The van der Waals surface area contributed by atoms with Crippen LogP contribution in [0.5, 0.6) is 0 Å². The molecule has 19 heavy (non-hydrogen) atoms. The minimum absolute atomic E-state index is 0.00376. The van der Waals surface area contributed by atoms with Crippen molar-refractivity contribution in [1.29, 1.82) is 0 Å². The zero-order valence-corrected chi connectivity index (χ0v) is 12.5.